The predicted molar refractivity (Wildman–Crippen MR) is 77.6 cm³/mol. The summed E-state index contributed by atoms with van der Waals surface area (Å²) in [5, 5.41) is 3.28. The van der Waals surface area contributed by atoms with E-state index >= 15 is 0 Å². The van der Waals surface area contributed by atoms with Gasteiger partial charge in [0.1, 0.15) is 0 Å². The first-order valence-corrected chi connectivity index (χ1v) is 7.20. The molecule has 0 spiro atoms. The Hall–Kier alpha value is -0.600. The Morgan fingerprint density at radius 3 is 2.76 bits per heavy atom. The van der Waals surface area contributed by atoms with E-state index in [-0.39, 0.29) is 0 Å². The van der Waals surface area contributed by atoms with Gasteiger partial charge in [-0.2, -0.15) is 0 Å². The summed E-state index contributed by atoms with van der Waals surface area (Å²) in [7, 11) is 2.02. The highest BCUT2D eigenvalue weighted by Gasteiger charge is 2.30. The molecule has 1 aromatic rings. The largest absolute Gasteiger partial charge is 0.315 e. The van der Waals surface area contributed by atoms with Gasteiger partial charge < -0.3 is 5.32 Å². The van der Waals surface area contributed by atoms with E-state index in [1.54, 1.807) is 10.4 Å². The Bertz CT molecular complexity index is 440. The molecule has 1 heterocycles. The van der Waals surface area contributed by atoms with Crippen LogP contribution >= 0.6 is 11.3 Å². The van der Waals surface area contributed by atoms with Gasteiger partial charge in [-0.05, 0) is 55.3 Å². The predicted octanol–water partition coefficient (Wildman–Crippen LogP) is 4.02. The lowest BCUT2D eigenvalue weighted by Gasteiger charge is -2.30. The summed E-state index contributed by atoms with van der Waals surface area (Å²) in [4.78, 5) is 3.08. The van der Waals surface area contributed by atoms with Gasteiger partial charge >= 0.3 is 0 Å². The van der Waals surface area contributed by atoms with Crippen LogP contribution in [0.1, 0.15) is 48.1 Å². The number of hydrogen-bond donors (Lipinski definition) is 1. The summed E-state index contributed by atoms with van der Waals surface area (Å²) in [6.45, 7) is 12.1. The van der Waals surface area contributed by atoms with E-state index in [1.165, 1.54) is 35.3 Å². The second-order valence-electron chi connectivity index (χ2n) is 5.95. The van der Waals surface area contributed by atoms with Crippen molar-refractivity contribution >= 4 is 16.9 Å². The molecule has 1 nitrogen and oxygen atoms in total. The molecule has 0 atom stereocenters. The number of nitrogens with one attached hydrogen (secondary N) is 1. The fourth-order valence-electron chi connectivity index (χ4n) is 2.76. The van der Waals surface area contributed by atoms with E-state index < -0.39 is 0 Å². The minimum atomic E-state index is 0.454. The summed E-state index contributed by atoms with van der Waals surface area (Å²) < 4.78 is 0. The fraction of sp³-hybridized carbons (Fsp3) is 0.600. The minimum Gasteiger partial charge on any atom is -0.315 e. The summed E-state index contributed by atoms with van der Waals surface area (Å²) >= 11 is 1.99. The number of allylic oxidation sites excluding steroid dienone is 1. The van der Waals surface area contributed by atoms with Crippen molar-refractivity contribution in [3.8, 4) is 0 Å². The highest BCUT2D eigenvalue weighted by atomic mass is 32.1. The number of hydrogen-bond acceptors (Lipinski definition) is 2. The normalized spacial score (nSPS) is 17.9. The van der Waals surface area contributed by atoms with Gasteiger partial charge in [0.15, 0.2) is 0 Å². The smallest absolute Gasteiger partial charge is 0.0303 e. The molecule has 0 fully saturated rings. The van der Waals surface area contributed by atoms with E-state index in [2.05, 4.69) is 32.7 Å². The van der Waals surface area contributed by atoms with Gasteiger partial charge in [0.25, 0.3) is 0 Å². The molecule has 1 aliphatic carbocycles. The minimum absolute atomic E-state index is 0.454. The van der Waals surface area contributed by atoms with Gasteiger partial charge in [-0.25, -0.2) is 0 Å². The molecule has 0 saturated heterocycles. The monoisotopic (exact) mass is 249 g/mol. The van der Waals surface area contributed by atoms with Gasteiger partial charge in [0.05, 0.1) is 0 Å². The van der Waals surface area contributed by atoms with Crippen molar-refractivity contribution in [1.29, 1.82) is 0 Å². The molecule has 2 heteroatoms. The molecule has 1 aliphatic rings. The zero-order valence-electron chi connectivity index (χ0n) is 11.4. The second kappa shape index (κ2) is 4.58. The molecule has 0 bridgehead atoms. The quantitative estimate of drug-likeness (QED) is 0.853. The fourth-order valence-corrected chi connectivity index (χ4v) is 4.17. The Balaban J connectivity index is 2.47. The van der Waals surface area contributed by atoms with Crippen LogP contribution in [0.3, 0.4) is 0 Å². The van der Waals surface area contributed by atoms with Crippen molar-refractivity contribution in [3.05, 3.63) is 27.5 Å². The summed E-state index contributed by atoms with van der Waals surface area (Å²) in [6.07, 6.45) is 3.77. The highest BCUT2D eigenvalue weighted by molar-refractivity contribution is 7.12. The van der Waals surface area contributed by atoms with Crippen molar-refractivity contribution in [2.24, 2.45) is 5.41 Å². The average molecular weight is 249 g/mol. The Morgan fingerprint density at radius 1 is 1.47 bits per heavy atom. The Morgan fingerprint density at radius 2 is 2.18 bits per heavy atom. The molecule has 0 radical (unpaired) electrons. The Labute approximate surface area is 109 Å². The van der Waals surface area contributed by atoms with E-state index in [0.29, 0.717) is 5.41 Å². The number of aryl methyl sites for hydroxylation is 1. The SMILES string of the molecule is C=C(C)c1c(CNC)sc2c1CC(C)(C)CC2. The van der Waals surface area contributed by atoms with Crippen LogP contribution in [0.15, 0.2) is 6.58 Å². The van der Waals surface area contributed by atoms with Crippen molar-refractivity contribution in [1.82, 2.24) is 5.32 Å². The lowest BCUT2D eigenvalue weighted by molar-refractivity contribution is 0.317. The van der Waals surface area contributed by atoms with Crippen LogP contribution in [-0.4, -0.2) is 7.05 Å². The molecule has 0 saturated carbocycles. The number of fused-ring (bicyclic) bond motifs is 1. The van der Waals surface area contributed by atoms with E-state index in [4.69, 9.17) is 0 Å². The molecule has 94 valence electrons. The van der Waals surface area contributed by atoms with Gasteiger partial charge in [0, 0.05) is 16.3 Å². The molecule has 0 unspecified atom stereocenters. The second-order valence-corrected chi connectivity index (χ2v) is 7.14. The lowest BCUT2D eigenvalue weighted by atomic mass is 9.75. The summed E-state index contributed by atoms with van der Waals surface area (Å²) in [5.41, 5.74) is 4.72. The van der Waals surface area contributed by atoms with E-state index in [9.17, 15) is 0 Å². The molecule has 17 heavy (non-hydrogen) atoms. The molecular weight excluding hydrogens is 226 g/mol. The third kappa shape index (κ3) is 2.48. The molecule has 1 aromatic heterocycles. The van der Waals surface area contributed by atoms with Gasteiger partial charge in [-0.15, -0.1) is 11.3 Å². The van der Waals surface area contributed by atoms with Crippen LogP contribution in [0.25, 0.3) is 5.57 Å². The first kappa shape index (κ1) is 12.8. The molecule has 0 amide bonds. The van der Waals surface area contributed by atoms with Gasteiger partial charge in [0.2, 0.25) is 0 Å². The van der Waals surface area contributed by atoms with Crippen LogP contribution in [-0.2, 0) is 19.4 Å². The standard InChI is InChI=1S/C15H23NS/c1-10(2)14-11-8-15(3,4)7-6-12(11)17-13(14)9-16-5/h16H,1,6-9H2,2-5H3. The topological polar surface area (TPSA) is 12.0 Å². The van der Waals surface area contributed by atoms with Crippen LogP contribution in [0.2, 0.25) is 0 Å². The van der Waals surface area contributed by atoms with Crippen LogP contribution in [0, 0.1) is 5.41 Å². The maximum absolute atomic E-state index is 4.18. The average Bonchev–Trinajstić information content (AvgIpc) is 2.54. The lowest BCUT2D eigenvalue weighted by Crippen LogP contribution is -2.21. The maximum Gasteiger partial charge on any atom is 0.0303 e. The maximum atomic E-state index is 4.18. The number of rotatable bonds is 3. The van der Waals surface area contributed by atoms with Crippen LogP contribution in [0.4, 0.5) is 0 Å². The van der Waals surface area contributed by atoms with Gasteiger partial charge in [-0.3, -0.25) is 0 Å². The summed E-state index contributed by atoms with van der Waals surface area (Å²) in [5.74, 6) is 0. The van der Waals surface area contributed by atoms with Crippen molar-refractivity contribution < 1.29 is 0 Å². The van der Waals surface area contributed by atoms with Crippen molar-refractivity contribution in [2.45, 2.75) is 46.6 Å². The molecule has 2 rings (SSSR count). The number of thiophene rings is 1. The first-order valence-electron chi connectivity index (χ1n) is 6.38. The molecular formula is C15H23NS. The summed E-state index contributed by atoms with van der Waals surface area (Å²) in [6, 6.07) is 0. The molecule has 0 aliphatic heterocycles. The van der Waals surface area contributed by atoms with Crippen molar-refractivity contribution in [2.75, 3.05) is 7.05 Å². The molecule has 0 aromatic carbocycles. The zero-order valence-corrected chi connectivity index (χ0v) is 12.3. The van der Waals surface area contributed by atoms with Crippen LogP contribution in [0.5, 0.6) is 0 Å². The third-order valence-corrected chi connectivity index (χ3v) is 4.90. The zero-order chi connectivity index (χ0) is 12.6. The van der Waals surface area contributed by atoms with Crippen molar-refractivity contribution in [3.63, 3.8) is 0 Å². The van der Waals surface area contributed by atoms with E-state index in [1.807, 2.05) is 18.4 Å². The third-order valence-electron chi connectivity index (χ3n) is 3.61. The first-order chi connectivity index (χ1) is 7.94. The Kier molecular flexibility index (Phi) is 3.46. The molecule has 1 N–H and O–H groups in total. The van der Waals surface area contributed by atoms with Gasteiger partial charge in [-0.1, -0.05) is 20.4 Å². The van der Waals surface area contributed by atoms with E-state index in [0.717, 1.165) is 6.54 Å². The van der Waals surface area contributed by atoms with Crippen LogP contribution < -0.4 is 5.32 Å². The highest BCUT2D eigenvalue weighted by Crippen LogP contribution is 2.43.